The maximum Gasteiger partial charge on any atom is 0.320 e. The third-order valence-corrected chi connectivity index (χ3v) is 2.25. The molecule has 0 aromatic heterocycles. The zero-order valence-corrected chi connectivity index (χ0v) is 8.58. The molecule has 0 aliphatic heterocycles. The van der Waals surface area contributed by atoms with Gasteiger partial charge in [0.05, 0.1) is 0 Å². The molecule has 3 nitrogen and oxygen atoms in total. The van der Waals surface area contributed by atoms with Crippen LogP contribution in [0.4, 0.5) is 0 Å². The molecule has 0 aliphatic rings. The van der Waals surface area contributed by atoms with Gasteiger partial charge in [0.1, 0.15) is 6.04 Å². The van der Waals surface area contributed by atoms with Crippen LogP contribution in [-0.4, -0.2) is 17.1 Å². The lowest BCUT2D eigenvalue weighted by Gasteiger charge is -2.06. The summed E-state index contributed by atoms with van der Waals surface area (Å²) < 4.78 is 0. The van der Waals surface area contributed by atoms with Gasteiger partial charge in [0.2, 0.25) is 0 Å². The first-order valence-corrected chi connectivity index (χ1v) is 4.80. The van der Waals surface area contributed by atoms with E-state index in [0.29, 0.717) is 12.8 Å². The van der Waals surface area contributed by atoms with Crippen LogP contribution < -0.4 is 5.73 Å². The van der Waals surface area contributed by atoms with Gasteiger partial charge in [0.15, 0.2) is 0 Å². The van der Waals surface area contributed by atoms with Crippen molar-refractivity contribution in [2.45, 2.75) is 23.8 Å². The van der Waals surface area contributed by atoms with E-state index >= 15 is 0 Å². The van der Waals surface area contributed by atoms with Crippen LogP contribution in [-0.2, 0) is 11.2 Å². The largest absolute Gasteiger partial charge is 0.480 e. The first-order valence-electron chi connectivity index (χ1n) is 4.36. The fourth-order valence-corrected chi connectivity index (χ4v) is 1.41. The van der Waals surface area contributed by atoms with Crippen LogP contribution >= 0.6 is 12.6 Å². The highest BCUT2D eigenvalue weighted by Gasteiger charge is 2.10. The number of aliphatic carboxylic acids is 1. The van der Waals surface area contributed by atoms with Crippen LogP contribution in [0.25, 0.3) is 0 Å². The average Bonchev–Trinajstić information content (AvgIpc) is 2.14. The average molecular weight is 211 g/mol. The Morgan fingerprint density at radius 2 is 2.29 bits per heavy atom. The minimum Gasteiger partial charge on any atom is -0.480 e. The van der Waals surface area contributed by atoms with E-state index in [2.05, 4.69) is 12.6 Å². The first kappa shape index (κ1) is 11.1. The second kappa shape index (κ2) is 5.02. The Bertz CT molecular complexity index is 328. The fourth-order valence-electron chi connectivity index (χ4n) is 1.16. The van der Waals surface area contributed by atoms with Gasteiger partial charge in [0, 0.05) is 4.90 Å². The summed E-state index contributed by atoms with van der Waals surface area (Å²) in [7, 11) is 0. The second-order valence-corrected chi connectivity index (χ2v) is 3.67. The van der Waals surface area contributed by atoms with Crippen molar-refractivity contribution < 1.29 is 9.90 Å². The molecule has 4 heteroatoms. The summed E-state index contributed by atoms with van der Waals surface area (Å²) in [5.41, 5.74) is 6.45. The van der Waals surface area contributed by atoms with E-state index in [1.807, 2.05) is 24.3 Å². The monoisotopic (exact) mass is 211 g/mol. The van der Waals surface area contributed by atoms with Crippen LogP contribution in [0.5, 0.6) is 0 Å². The van der Waals surface area contributed by atoms with Crippen molar-refractivity contribution in [1.82, 2.24) is 0 Å². The van der Waals surface area contributed by atoms with Crippen molar-refractivity contribution in [1.29, 1.82) is 0 Å². The van der Waals surface area contributed by atoms with Gasteiger partial charge in [0.25, 0.3) is 0 Å². The van der Waals surface area contributed by atoms with Gasteiger partial charge in [-0.05, 0) is 30.5 Å². The molecule has 0 fully saturated rings. The molecule has 1 atom stereocenters. The number of hydrogen-bond donors (Lipinski definition) is 3. The lowest BCUT2D eigenvalue weighted by Crippen LogP contribution is -2.30. The molecule has 1 aromatic rings. The normalized spacial score (nSPS) is 12.4. The van der Waals surface area contributed by atoms with Gasteiger partial charge in [-0.25, -0.2) is 0 Å². The quantitative estimate of drug-likeness (QED) is 0.658. The molecule has 14 heavy (non-hydrogen) atoms. The highest BCUT2D eigenvalue weighted by atomic mass is 32.1. The smallest absolute Gasteiger partial charge is 0.320 e. The summed E-state index contributed by atoms with van der Waals surface area (Å²) in [4.78, 5) is 11.3. The molecular formula is C10H13NO2S. The van der Waals surface area contributed by atoms with E-state index in [9.17, 15) is 4.79 Å². The van der Waals surface area contributed by atoms with Gasteiger partial charge in [-0.2, -0.15) is 0 Å². The predicted octanol–water partition coefficient (Wildman–Crippen LogP) is 1.32. The van der Waals surface area contributed by atoms with Crippen molar-refractivity contribution in [2.75, 3.05) is 0 Å². The third-order valence-electron chi connectivity index (χ3n) is 1.97. The Morgan fingerprint density at radius 3 is 2.86 bits per heavy atom. The van der Waals surface area contributed by atoms with Crippen molar-refractivity contribution >= 4 is 18.6 Å². The number of carbonyl (C=O) groups is 1. The molecule has 0 unspecified atom stereocenters. The third kappa shape index (κ3) is 3.40. The first-order chi connectivity index (χ1) is 6.59. The second-order valence-electron chi connectivity index (χ2n) is 3.15. The number of hydrogen-bond acceptors (Lipinski definition) is 3. The van der Waals surface area contributed by atoms with Gasteiger partial charge < -0.3 is 10.8 Å². The van der Waals surface area contributed by atoms with Crippen molar-refractivity contribution in [2.24, 2.45) is 5.73 Å². The van der Waals surface area contributed by atoms with Gasteiger partial charge >= 0.3 is 5.97 Å². The fraction of sp³-hybridized carbons (Fsp3) is 0.300. The highest BCUT2D eigenvalue weighted by Crippen LogP contribution is 2.11. The minimum atomic E-state index is -0.952. The zero-order chi connectivity index (χ0) is 10.6. The van der Waals surface area contributed by atoms with Crippen molar-refractivity contribution in [3.8, 4) is 0 Å². The van der Waals surface area contributed by atoms with E-state index in [-0.39, 0.29) is 0 Å². The Morgan fingerprint density at radius 1 is 1.57 bits per heavy atom. The number of nitrogens with two attached hydrogens (primary N) is 1. The van der Waals surface area contributed by atoms with E-state index in [0.717, 1.165) is 10.5 Å². The maximum atomic E-state index is 10.4. The summed E-state index contributed by atoms with van der Waals surface area (Å²) in [5.74, 6) is -0.952. The van der Waals surface area contributed by atoms with E-state index in [1.165, 1.54) is 0 Å². The molecule has 0 saturated carbocycles. The topological polar surface area (TPSA) is 63.3 Å². The van der Waals surface area contributed by atoms with Crippen LogP contribution in [0.15, 0.2) is 29.2 Å². The van der Waals surface area contributed by atoms with Gasteiger partial charge in [-0.15, -0.1) is 12.6 Å². The Labute approximate surface area is 88.3 Å². The molecule has 0 radical (unpaired) electrons. The number of benzene rings is 1. The summed E-state index contributed by atoms with van der Waals surface area (Å²) in [6, 6.07) is 6.85. The molecular weight excluding hydrogens is 198 g/mol. The molecule has 3 N–H and O–H groups in total. The summed E-state index contributed by atoms with van der Waals surface area (Å²) in [5, 5.41) is 8.57. The number of aryl methyl sites for hydroxylation is 1. The molecule has 0 spiro atoms. The molecule has 1 rings (SSSR count). The molecule has 0 amide bonds. The van der Waals surface area contributed by atoms with E-state index in [1.54, 1.807) is 0 Å². The number of rotatable bonds is 4. The van der Waals surface area contributed by atoms with Crippen LogP contribution in [0.3, 0.4) is 0 Å². The number of carboxylic acids is 1. The minimum absolute atomic E-state index is 0.451. The summed E-state index contributed by atoms with van der Waals surface area (Å²) >= 11 is 4.19. The van der Waals surface area contributed by atoms with Crippen LogP contribution in [0.1, 0.15) is 12.0 Å². The molecule has 0 bridgehead atoms. The van der Waals surface area contributed by atoms with Gasteiger partial charge in [-0.3, -0.25) is 4.79 Å². The predicted molar refractivity (Wildman–Crippen MR) is 57.6 cm³/mol. The Balaban J connectivity index is 2.49. The lowest BCUT2D eigenvalue weighted by atomic mass is 10.1. The standard InChI is InChI=1S/C10H13NO2S/c11-9(10(12)13)5-4-7-2-1-3-8(14)6-7/h1-3,6,9,14H,4-5,11H2,(H,12,13)/t9-/m0/s1. The summed E-state index contributed by atoms with van der Waals surface area (Å²) in [6.07, 6.45) is 1.12. The Hall–Kier alpha value is -1.00. The molecule has 0 saturated heterocycles. The van der Waals surface area contributed by atoms with Gasteiger partial charge in [-0.1, -0.05) is 12.1 Å². The zero-order valence-electron chi connectivity index (χ0n) is 7.68. The molecule has 0 aliphatic carbocycles. The Kier molecular flexibility index (Phi) is 3.98. The number of carboxylic acid groups (broad SMARTS) is 1. The van der Waals surface area contributed by atoms with Crippen molar-refractivity contribution in [3.63, 3.8) is 0 Å². The maximum absolute atomic E-state index is 10.4. The van der Waals surface area contributed by atoms with Crippen molar-refractivity contribution in [3.05, 3.63) is 29.8 Å². The lowest BCUT2D eigenvalue weighted by molar-refractivity contribution is -0.138. The van der Waals surface area contributed by atoms with Crippen LogP contribution in [0, 0.1) is 0 Å². The molecule has 76 valence electrons. The van der Waals surface area contributed by atoms with E-state index in [4.69, 9.17) is 10.8 Å². The number of thiol groups is 1. The van der Waals surface area contributed by atoms with Crippen LogP contribution in [0.2, 0.25) is 0 Å². The SMILES string of the molecule is N[C@@H](CCc1cccc(S)c1)C(=O)O. The molecule has 0 heterocycles. The highest BCUT2D eigenvalue weighted by molar-refractivity contribution is 7.80. The molecule has 1 aromatic carbocycles. The van der Waals surface area contributed by atoms with E-state index < -0.39 is 12.0 Å². The summed E-state index contributed by atoms with van der Waals surface area (Å²) in [6.45, 7) is 0.